The number of esters is 1. The zero-order valence-electron chi connectivity index (χ0n) is 24.1. The molecular weight excluding hydrogens is 574 g/mol. The highest BCUT2D eigenvalue weighted by Crippen LogP contribution is 2.47. The predicted molar refractivity (Wildman–Crippen MR) is 167 cm³/mol. The molecule has 0 N–H and O–H groups in total. The molecule has 0 bridgehead atoms. The first-order valence-electron chi connectivity index (χ1n) is 14.1. The largest absolute Gasteiger partial charge is 0.497 e. The van der Waals surface area contributed by atoms with Crippen molar-refractivity contribution in [3.05, 3.63) is 77.3 Å². The lowest BCUT2D eigenvalue weighted by atomic mass is 10.1. The normalized spacial score (nSPS) is 19.2. The highest BCUT2D eigenvalue weighted by Gasteiger charge is 2.41. The van der Waals surface area contributed by atoms with Gasteiger partial charge in [0.1, 0.15) is 11.5 Å². The summed E-state index contributed by atoms with van der Waals surface area (Å²) in [7, 11) is 3.31. The average Bonchev–Trinajstić information content (AvgIpc) is 3.11. The third kappa shape index (κ3) is 6.80. The van der Waals surface area contributed by atoms with Gasteiger partial charge in [-0.3, -0.25) is 14.5 Å². The van der Waals surface area contributed by atoms with E-state index in [4.69, 9.17) is 25.8 Å². The van der Waals surface area contributed by atoms with Gasteiger partial charge in [0.15, 0.2) is 6.10 Å². The average molecular weight is 610 g/mol. The van der Waals surface area contributed by atoms with Gasteiger partial charge in [-0.25, -0.2) is 0 Å². The molecule has 2 heterocycles. The number of hydrogen-bond acceptors (Lipinski definition) is 8. The number of carbonyl (C=O) groups is 2. The third-order valence-electron chi connectivity index (χ3n) is 7.64. The molecule has 2 atom stereocenters. The molecular formula is C32H36ClN3O5S. The van der Waals surface area contributed by atoms with Gasteiger partial charge in [0.25, 0.3) is 5.91 Å². The van der Waals surface area contributed by atoms with Crippen molar-refractivity contribution in [3.63, 3.8) is 0 Å². The second-order valence-corrected chi connectivity index (χ2v) is 11.9. The molecule has 3 aromatic carbocycles. The first-order valence-corrected chi connectivity index (χ1v) is 15.3. The van der Waals surface area contributed by atoms with E-state index < -0.39 is 17.3 Å². The minimum Gasteiger partial charge on any atom is -0.497 e. The first-order chi connectivity index (χ1) is 20.4. The van der Waals surface area contributed by atoms with Crippen LogP contribution in [0.15, 0.2) is 71.6 Å². The second-order valence-electron chi connectivity index (χ2n) is 10.3. The predicted octanol–water partition coefficient (Wildman–Crippen LogP) is 5.68. The van der Waals surface area contributed by atoms with Crippen LogP contribution >= 0.6 is 23.4 Å². The van der Waals surface area contributed by atoms with Crippen LogP contribution in [0.2, 0.25) is 5.02 Å². The smallest absolute Gasteiger partial charge is 0.303 e. The minimum absolute atomic E-state index is 0.236. The van der Waals surface area contributed by atoms with E-state index in [1.54, 1.807) is 25.2 Å². The summed E-state index contributed by atoms with van der Waals surface area (Å²) in [4.78, 5) is 33.8. The molecule has 3 aromatic rings. The number of thioether (sulfide) groups is 1. The van der Waals surface area contributed by atoms with Gasteiger partial charge in [-0.05, 0) is 61.0 Å². The lowest BCUT2D eigenvalue weighted by Gasteiger charge is -2.37. The molecule has 0 aliphatic carbocycles. The molecule has 0 radical (unpaired) electrons. The van der Waals surface area contributed by atoms with Crippen molar-refractivity contribution in [1.82, 2.24) is 4.90 Å². The molecule has 2 aliphatic heterocycles. The summed E-state index contributed by atoms with van der Waals surface area (Å²) in [5.74, 6) is 0.865. The Labute approximate surface area is 256 Å². The van der Waals surface area contributed by atoms with Crippen molar-refractivity contribution >= 4 is 46.6 Å². The number of rotatable bonds is 9. The second kappa shape index (κ2) is 13.7. The Hall–Kier alpha value is -3.40. The summed E-state index contributed by atoms with van der Waals surface area (Å²) < 4.78 is 16.6. The van der Waals surface area contributed by atoms with Gasteiger partial charge >= 0.3 is 5.97 Å². The summed E-state index contributed by atoms with van der Waals surface area (Å²) in [6, 6.07) is 21.2. The van der Waals surface area contributed by atoms with Crippen LogP contribution in [0.1, 0.15) is 24.2 Å². The van der Waals surface area contributed by atoms with Gasteiger partial charge in [0, 0.05) is 49.6 Å². The number of para-hydroxylation sites is 2. The highest BCUT2D eigenvalue weighted by molar-refractivity contribution is 7.99. The van der Waals surface area contributed by atoms with Crippen LogP contribution in [0, 0.1) is 0 Å². The summed E-state index contributed by atoms with van der Waals surface area (Å²) >= 11 is 7.90. The standard InChI is InChI=1S/C32H36ClN3O5S/c1-22(37)41-30-31(23-9-12-25(39-2)13-10-23)42-29-21-24(33)11-14-27(29)36(32(30)38)16-6-15-34-17-19-35(20-18-34)26-7-4-5-8-28(26)40-3/h4-5,7-14,21,30-31H,6,15-20H2,1-3H3/t30?,31-/m1/s1. The van der Waals surface area contributed by atoms with E-state index in [9.17, 15) is 9.59 Å². The molecule has 1 fully saturated rings. The van der Waals surface area contributed by atoms with Crippen LogP contribution < -0.4 is 19.3 Å². The molecule has 0 saturated carbocycles. The fraction of sp³-hybridized carbons (Fsp3) is 0.375. The van der Waals surface area contributed by atoms with E-state index in [-0.39, 0.29) is 5.91 Å². The number of hydrogen-bond donors (Lipinski definition) is 0. The number of ether oxygens (including phenoxy) is 3. The monoisotopic (exact) mass is 609 g/mol. The van der Waals surface area contributed by atoms with Crippen molar-refractivity contribution in [2.75, 3.05) is 63.3 Å². The Balaban J connectivity index is 1.31. The number of fused-ring (bicyclic) bond motifs is 1. The van der Waals surface area contributed by atoms with E-state index in [2.05, 4.69) is 15.9 Å². The van der Waals surface area contributed by atoms with Crippen molar-refractivity contribution in [2.24, 2.45) is 0 Å². The Morgan fingerprint density at radius 3 is 2.36 bits per heavy atom. The Morgan fingerprint density at radius 1 is 0.929 bits per heavy atom. The minimum atomic E-state index is -0.989. The maximum atomic E-state index is 14.1. The van der Waals surface area contributed by atoms with Crippen molar-refractivity contribution < 1.29 is 23.8 Å². The van der Waals surface area contributed by atoms with Crippen molar-refractivity contribution in [1.29, 1.82) is 0 Å². The number of nitrogens with zero attached hydrogens (tertiary/aromatic N) is 3. The third-order valence-corrected chi connectivity index (χ3v) is 9.23. The fourth-order valence-corrected chi connectivity index (χ4v) is 7.11. The Bertz CT molecular complexity index is 1400. The van der Waals surface area contributed by atoms with Gasteiger partial charge in [0.2, 0.25) is 0 Å². The van der Waals surface area contributed by atoms with E-state index in [0.29, 0.717) is 17.3 Å². The van der Waals surface area contributed by atoms with Gasteiger partial charge in [-0.15, -0.1) is 11.8 Å². The van der Waals surface area contributed by atoms with Crippen molar-refractivity contribution in [2.45, 2.75) is 29.6 Å². The maximum Gasteiger partial charge on any atom is 0.303 e. The molecule has 5 rings (SSSR count). The molecule has 1 unspecified atom stereocenters. The lowest BCUT2D eigenvalue weighted by Crippen LogP contribution is -2.48. The molecule has 10 heteroatoms. The van der Waals surface area contributed by atoms with E-state index in [0.717, 1.165) is 66.7 Å². The molecule has 8 nitrogen and oxygen atoms in total. The van der Waals surface area contributed by atoms with Crippen LogP contribution in [0.4, 0.5) is 11.4 Å². The Kier molecular flexibility index (Phi) is 9.82. The number of benzene rings is 3. The van der Waals surface area contributed by atoms with Gasteiger partial charge in [0.05, 0.1) is 30.8 Å². The number of methoxy groups -OCH3 is 2. The lowest BCUT2D eigenvalue weighted by molar-refractivity contribution is -0.152. The van der Waals surface area contributed by atoms with Crippen LogP contribution in [0.25, 0.3) is 0 Å². The van der Waals surface area contributed by atoms with E-state index in [1.807, 2.05) is 54.6 Å². The summed E-state index contributed by atoms with van der Waals surface area (Å²) in [5, 5.41) is 0.138. The van der Waals surface area contributed by atoms with Gasteiger partial charge in [-0.1, -0.05) is 35.9 Å². The SMILES string of the molecule is COc1ccc([C@H]2Sc3cc(Cl)ccc3N(CCCN3CCN(c4ccccc4OC)CC3)C(=O)C2OC(C)=O)cc1. The zero-order valence-corrected chi connectivity index (χ0v) is 25.7. The number of halogens is 1. The van der Waals surface area contributed by atoms with Crippen LogP contribution in [-0.2, 0) is 14.3 Å². The topological polar surface area (TPSA) is 71.6 Å². The zero-order chi connectivity index (χ0) is 29.6. The summed E-state index contributed by atoms with van der Waals surface area (Å²) in [6.07, 6.45) is -0.218. The molecule has 1 amide bonds. The number of carbonyl (C=O) groups excluding carboxylic acids is 2. The van der Waals surface area contributed by atoms with Gasteiger partial charge < -0.3 is 24.0 Å². The van der Waals surface area contributed by atoms with Gasteiger partial charge in [-0.2, -0.15) is 0 Å². The van der Waals surface area contributed by atoms with Crippen LogP contribution in [0.3, 0.4) is 0 Å². The molecule has 42 heavy (non-hydrogen) atoms. The quantitative estimate of drug-likeness (QED) is 0.287. The number of piperazine rings is 1. The molecule has 2 aliphatic rings. The summed E-state index contributed by atoms with van der Waals surface area (Å²) in [5.41, 5.74) is 2.76. The number of anilines is 2. The molecule has 0 aromatic heterocycles. The van der Waals surface area contributed by atoms with Crippen LogP contribution in [0.5, 0.6) is 11.5 Å². The summed E-state index contributed by atoms with van der Waals surface area (Å²) in [6.45, 7) is 6.33. The van der Waals surface area contributed by atoms with Crippen LogP contribution in [-0.4, -0.2) is 76.4 Å². The molecule has 1 saturated heterocycles. The van der Waals surface area contributed by atoms with E-state index >= 15 is 0 Å². The number of amides is 1. The maximum absolute atomic E-state index is 14.1. The molecule has 0 spiro atoms. The highest BCUT2D eigenvalue weighted by atomic mass is 35.5. The Morgan fingerprint density at radius 2 is 1.67 bits per heavy atom. The fourth-order valence-electron chi connectivity index (χ4n) is 5.52. The first kappa shape index (κ1) is 30.1. The molecule has 222 valence electrons. The van der Waals surface area contributed by atoms with E-state index in [1.165, 1.54) is 18.7 Å². The van der Waals surface area contributed by atoms with Crippen molar-refractivity contribution in [3.8, 4) is 11.5 Å².